The maximum Gasteiger partial charge on any atom is 0.328 e. The van der Waals surface area contributed by atoms with Gasteiger partial charge in [-0.1, -0.05) is 15.9 Å². The minimum absolute atomic E-state index is 0.0228. The number of hydrogen-bond acceptors (Lipinski definition) is 8. The van der Waals surface area contributed by atoms with Gasteiger partial charge >= 0.3 is 5.97 Å². The van der Waals surface area contributed by atoms with Crippen LogP contribution in [0.4, 0.5) is 17.6 Å². The Hall–Kier alpha value is -1.58. The summed E-state index contributed by atoms with van der Waals surface area (Å²) in [7, 11) is 0. The third-order valence-corrected chi connectivity index (χ3v) is 4.54. The zero-order valence-corrected chi connectivity index (χ0v) is 17.5. The van der Waals surface area contributed by atoms with Crippen molar-refractivity contribution in [1.82, 2.24) is 15.0 Å². The standard InChI is InChI=1S/C16H19BrClN5O2S/c1-3-25-13(24)12(8-9-26-2)20-16-22-14(18)21-15(23-16)19-11-6-4-10(17)5-7-11/h4-7,12H,3,8-9H2,1-2H3,(H2,19,20,21,22,23)/t12-/m0/s1. The average molecular weight is 461 g/mol. The van der Waals surface area contributed by atoms with E-state index >= 15 is 0 Å². The van der Waals surface area contributed by atoms with Crippen LogP contribution in [0.1, 0.15) is 13.3 Å². The second-order valence-corrected chi connectivity index (χ2v) is 7.35. The van der Waals surface area contributed by atoms with E-state index in [1.165, 1.54) is 0 Å². The van der Waals surface area contributed by atoms with Gasteiger partial charge < -0.3 is 15.4 Å². The highest BCUT2D eigenvalue weighted by atomic mass is 79.9. The van der Waals surface area contributed by atoms with Crippen LogP contribution in [-0.2, 0) is 9.53 Å². The molecule has 7 nitrogen and oxygen atoms in total. The highest BCUT2D eigenvalue weighted by molar-refractivity contribution is 9.10. The number of aromatic nitrogens is 3. The molecule has 0 fully saturated rings. The van der Waals surface area contributed by atoms with E-state index in [0.717, 1.165) is 15.9 Å². The van der Waals surface area contributed by atoms with E-state index in [4.69, 9.17) is 16.3 Å². The van der Waals surface area contributed by atoms with Crippen molar-refractivity contribution in [2.75, 3.05) is 29.2 Å². The summed E-state index contributed by atoms with van der Waals surface area (Å²) in [5.74, 6) is 0.936. The number of anilines is 3. The van der Waals surface area contributed by atoms with Crippen LogP contribution in [-0.4, -0.2) is 45.6 Å². The van der Waals surface area contributed by atoms with Crippen LogP contribution in [0.15, 0.2) is 28.7 Å². The third-order valence-electron chi connectivity index (χ3n) is 3.19. The zero-order chi connectivity index (χ0) is 18.9. The second kappa shape index (κ2) is 10.5. The molecule has 0 aliphatic rings. The predicted octanol–water partition coefficient (Wildman–Crippen LogP) is 4.13. The molecule has 140 valence electrons. The molecule has 2 rings (SSSR count). The van der Waals surface area contributed by atoms with Crippen LogP contribution >= 0.6 is 39.3 Å². The Morgan fingerprint density at radius 2 is 1.96 bits per heavy atom. The molecular weight excluding hydrogens is 442 g/mol. The van der Waals surface area contributed by atoms with E-state index in [9.17, 15) is 4.79 Å². The molecule has 0 unspecified atom stereocenters. The molecule has 0 saturated heterocycles. The van der Waals surface area contributed by atoms with Crippen molar-refractivity contribution in [3.63, 3.8) is 0 Å². The van der Waals surface area contributed by atoms with Crippen LogP contribution < -0.4 is 10.6 Å². The quantitative estimate of drug-likeness (QED) is 0.540. The van der Waals surface area contributed by atoms with Crippen molar-refractivity contribution in [2.45, 2.75) is 19.4 Å². The molecular formula is C16H19BrClN5O2S. The number of nitrogens with one attached hydrogen (secondary N) is 2. The Bertz CT molecular complexity index is 735. The smallest absolute Gasteiger partial charge is 0.328 e. The van der Waals surface area contributed by atoms with Crippen LogP contribution in [0, 0.1) is 0 Å². The van der Waals surface area contributed by atoms with E-state index in [0.29, 0.717) is 13.0 Å². The van der Waals surface area contributed by atoms with E-state index in [2.05, 4.69) is 41.5 Å². The van der Waals surface area contributed by atoms with Gasteiger partial charge in [0.2, 0.25) is 17.2 Å². The summed E-state index contributed by atoms with van der Waals surface area (Å²) < 4.78 is 6.07. The number of esters is 1. The molecule has 2 aromatic rings. The summed E-state index contributed by atoms with van der Waals surface area (Å²) in [6, 6.07) is 6.97. The molecule has 0 radical (unpaired) electrons. The van der Waals surface area contributed by atoms with Gasteiger partial charge in [-0.25, -0.2) is 4.79 Å². The second-order valence-electron chi connectivity index (χ2n) is 5.11. The fourth-order valence-corrected chi connectivity index (χ4v) is 2.91. The van der Waals surface area contributed by atoms with E-state index in [1.54, 1.807) is 18.7 Å². The van der Waals surface area contributed by atoms with Crippen molar-refractivity contribution in [2.24, 2.45) is 0 Å². The number of carbonyl (C=O) groups excluding carboxylic acids is 1. The highest BCUT2D eigenvalue weighted by Crippen LogP contribution is 2.19. The molecule has 1 heterocycles. The Morgan fingerprint density at radius 1 is 1.27 bits per heavy atom. The van der Waals surface area contributed by atoms with Gasteiger partial charge in [0.15, 0.2) is 0 Å². The molecule has 1 aromatic heterocycles. The Morgan fingerprint density at radius 3 is 2.62 bits per heavy atom. The summed E-state index contributed by atoms with van der Waals surface area (Å²) in [4.78, 5) is 24.5. The van der Waals surface area contributed by atoms with Crippen LogP contribution in [0.5, 0.6) is 0 Å². The van der Waals surface area contributed by atoms with Gasteiger partial charge in [-0.15, -0.1) is 0 Å². The minimum atomic E-state index is -0.554. The predicted molar refractivity (Wildman–Crippen MR) is 109 cm³/mol. The lowest BCUT2D eigenvalue weighted by Gasteiger charge is -2.17. The first-order chi connectivity index (χ1) is 12.5. The molecule has 10 heteroatoms. The van der Waals surface area contributed by atoms with Gasteiger partial charge in [0, 0.05) is 10.2 Å². The van der Waals surface area contributed by atoms with E-state index < -0.39 is 6.04 Å². The number of hydrogen-bond donors (Lipinski definition) is 2. The summed E-state index contributed by atoms with van der Waals surface area (Å²) in [6.45, 7) is 2.08. The van der Waals surface area contributed by atoms with Gasteiger partial charge in [-0.2, -0.15) is 26.7 Å². The number of ether oxygens (including phenoxy) is 1. The number of rotatable bonds is 9. The van der Waals surface area contributed by atoms with Crippen LogP contribution in [0.25, 0.3) is 0 Å². The van der Waals surface area contributed by atoms with E-state index in [-0.39, 0.29) is 23.1 Å². The third kappa shape index (κ3) is 6.62. The summed E-state index contributed by atoms with van der Waals surface area (Å²) >= 11 is 11.0. The molecule has 26 heavy (non-hydrogen) atoms. The Labute approximate surface area is 169 Å². The monoisotopic (exact) mass is 459 g/mol. The molecule has 1 aromatic carbocycles. The fraction of sp³-hybridized carbons (Fsp3) is 0.375. The number of nitrogens with zero attached hydrogens (tertiary/aromatic N) is 3. The molecule has 1 atom stereocenters. The van der Waals surface area contributed by atoms with Crippen LogP contribution in [0.2, 0.25) is 5.28 Å². The first-order valence-electron chi connectivity index (χ1n) is 7.88. The highest BCUT2D eigenvalue weighted by Gasteiger charge is 2.21. The van der Waals surface area contributed by atoms with Gasteiger partial charge in [0.1, 0.15) is 6.04 Å². The number of halogens is 2. The largest absolute Gasteiger partial charge is 0.464 e. The van der Waals surface area contributed by atoms with Crippen molar-refractivity contribution in [3.05, 3.63) is 34.0 Å². The number of benzene rings is 1. The van der Waals surface area contributed by atoms with Gasteiger partial charge in [0.25, 0.3) is 0 Å². The van der Waals surface area contributed by atoms with Crippen molar-refractivity contribution >= 4 is 62.8 Å². The molecule has 2 N–H and O–H groups in total. The maximum atomic E-state index is 12.1. The average Bonchev–Trinajstić information content (AvgIpc) is 2.60. The molecule has 0 amide bonds. The maximum absolute atomic E-state index is 12.1. The SMILES string of the molecule is CCOC(=O)[C@H](CCSC)Nc1nc(Cl)nc(Nc2ccc(Br)cc2)n1. The Kier molecular flexibility index (Phi) is 8.40. The normalized spacial score (nSPS) is 11.7. The van der Waals surface area contributed by atoms with Gasteiger partial charge in [-0.3, -0.25) is 0 Å². The summed E-state index contributed by atoms with van der Waals surface area (Å²) in [5.41, 5.74) is 0.797. The van der Waals surface area contributed by atoms with Gasteiger partial charge in [0.05, 0.1) is 6.61 Å². The van der Waals surface area contributed by atoms with E-state index in [1.807, 2.05) is 30.5 Å². The van der Waals surface area contributed by atoms with Crippen molar-refractivity contribution in [1.29, 1.82) is 0 Å². The lowest BCUT2D eigenvalue weighted by Crippen LogP contribution is -2.33. The minimum Gasteiger partial charge on any atom is -0.464 e. The molecule has 0 saturated carbocycles. The zero-order valence-electron chi connectivity index (χ0n) is 14.3. The summed E-state index contributed by atoms with van der Waals surface area (Å²) in [5, 5.41) is 6.07. The molecule has 0 spiro atoms. The topological polar surface area (TPSA) is 89.0 Å². The molecule has 0 bridgehead atoms. The first kappa shape index (κ1) is 20.7. The molecule has 0 aliphatic heterocycles. The fourth-order valence-electron chi connectivity index (χ4n) is 2.02. The van der Waals surface area contributed by atoms with Crippen molar-refractivity contribution < 1.29 is 9.53 Å². The van der Waals surface area contributed by atoms with Crippen LogP contribution in [0.3, 0.4) is 0 Å². The van der Waals surface area contributed by atoms with Crippen molar-refractivity contribution in [3.8, 4) is 0 Å². The van der Waals surface area contributed by atoms with Gasteiger partial charge in [-0.05, 0) is 61.2 Å². The lowest BCUT2D eigenvalue weighted by atomic mass is 10.2. The summed E-state index contributed by atoms with van der Waals surface area (Å²) in [6.07, 6.45) is 2.56. The molecule has 0 aliphatic carbocycles. The first-order valence-corrected chi connectivity index (χ1v) is 10.4. The Balaban J connectivity index is 2.15. The number of carbonyl (C=O) groups is 1. The lowest BCUT2D eigenvalue weighted by molar-refractivity contribution is -0.144. The number of thioether (sulfide) groups is 1.